The zero-order valence-electron chi connectivity index (χ0n) is 15.0. The van der Waals surface area contributed by atoms with Crippen LogP contribution < -0.4 is 5.73 Å². The molecule has 2 heterocycles. The van der Waals surface area contributed by atoms with Gasteiger partial charge >= 0.3 is 0 Å². The first-order valence-corrected chi connectivity index (χ1v) is 10.2. The molecule has 0 unspecified atom stereocenters. The number of nitrogens with zero attached hydrogens (tertiary/aromatic N) is 3. The number of piperidine rings is 1. The Morgan fingerprint density at radius 3 is 2.81 bits per heavy atom. The van der Waals surface area contributed by atoms with Gasteiger partial charge in [-0.2, -0.15) is 4.98 Å². The average molecular weight is 422 g/mol. The molecule has 6 nitrogen and oxygen atoms in total. The maximum Gasteiger partial charge on any atom is 0.249 e. The predicted octanol–water partition coefficient (Wildman–Crippen LogP) is 3.36. The third-order valence-corrected chi connectivity index (χ3v) is 5.32. The fourth-order valence-electron chi connectivity index (χ4n) is 3.35. The molecule has 1 fully saturated rings. The van der Waals surface area contributed by atoms with Crippen molar-refractivity contribution >= 4 is 21.8 Å². The molecule has 1 aromatic carbocycles. The van der Waals surface area contributed by atoms with Gasteiger partial charge in [0.05, 0.1) is 6.54 Å². The highest BCUT2D eigenvalue weighted by molar-refractivity contribution is 9.10. The first-order valence-electron chi connectivity index (χ1n) is 9.37. The molecule has 0 spiro atoms. The second kappa shape index (κ2) is 9.28. The second-order valence-corrected chi connectivity index (χ2v) is 7.64. The Labute approximate surface area is 162 Å². The van der Waals surface area contributed by atoms with Crippen molar-refractivity contribution in [3.63, 3.8) is 0 Å². The number of benzene rings is 1. The molecule has 1 saturated heterocycles. The standard InChI is InChI=1S/C19H25BrN4O2/c20-15-10-8-14(9-11-15)18-22-19(26-23-18)16-6-3-5-13-24(16)17(25)7-2-1-4-12-21/h8-11,16H,1-7,12-13,21H2/p+1/t16-/m0/s1. The van der Waals surface area contributed by atoms with Crippen LogP contribution in [0.2, 0.25) is 0 Å². The lowest BCUT2D eigenvalue weighted by molar-refractivity contribution is -0.368. The molecule has 1 amide bonds. The summed E-state index contributed by atoms with van der Waals surface area (Å²) >= 11 is 3.43. The molecule has 1 aliphatic rings. The van der Waals surface area contributed by atoms with Gasteiger partial charge in [0.1, 0.15) is 6.04 Å². The largest absolute Gasteiger partial charge is 0.358 e. The van der Waals surface area contributed by atoms with Gasteiger partial charge in [0.2, 0.25) is 17.6 Å². The van der Waals surface area contributed by atoms with Crippen LogP contribution in [0.3, 0.4) is 0 Å². The molecule has 3 rings (SSSR count). The van der Waals surface area contributed by atoms with Crippen molar-refractivity contribution in [2.24, 2.45) is 0 Å². The highest BCUT2D eigenvalue weighted by Gasteiger charge is 2.31. The number of hydrogen-bond acceptors (Lipinski definition) is 4. The topological polar surface area (TPSA) is 86.9 Å². The van der Waals surface area contributed by atoms with E-state index in [0.717, 1.165) is 61.7 Å². The maximum atomic E-state index is 12.7. The zero-order chi connectivity index (χ0) is 18.4. The van der Waals surface area contributed by atoms with Gasteiger partial charge in [-0.1, -0.05) is 21.1 Å². The maximum absolute atomic E-state index is 12.7. The first-order chi connectivity index (χ1) is 12.7. The number of carbonyl (C=O) groups is 1. The number of halogens is 1. The monoisotopic (exact) mass is 421 g/mol. The molecule has 0 saturated carbocycles. The second-order valence-electron chi connectivity index (χ2n) is 6.73. The molecule has 1 atom stereocenters. The number of carbonyl (C=O) groups excluding carboxylic acids is 1. The Balaban J connectivity index is 1.69. The Bertz CT molecular complexity index is 717. The molecule has 26 heavy (non-hydrogen) atoms. The molecular weight excluding hydrogens is 396 g/mol. The van der Waals surface area contributed by atoms with Crippen molar-refractivity contribution in [1.82, 2.24) is 15.0 Å². The van der Waals surface area contributed by atoms with Crippen molar-refractivity contribution in [2.45, 2.75) is 51.0 Å². The van der Waals surface area contributed by atoms with Crippen LogP contribution in [0.15, 0.2) is 33.3 Å². The molecule has 3 N–H and O–H groups in total. The summed E-state index contributed by atoms with van der Waals surface area (Å²) < 4.78 is 6.54. The number of likely N-dealkylation sites (tertiary alicyclic amines) is 1. The smallest absolute Gasteiger partial charge is 0.249 e. The van der Waals surface area contributed by atoms with Gasteiger partial charge in [0.15, 0.2) is 0 Å². The van der Waals surface area contributed by atoms with Crippen molar-refractivity contribution in [1.29, 1.82) is 0 Å². The van der Waals surface area contributed by atoms with Crippen LogP contribution in [-0.4, -0.2) is 34.0 Å². The van der Waals surface area contributed by atoms with Gasteiger partial charge in [-0.05, 0) is 62.8 Å². The molecule has 0 aliphatic carbocycles. The van der Waals surface area contributed by atoms with Gasteiger partial charge < -0.3 is 15.2 Å². The molecule has 1 aliphatic heterocycles. The Morgan fingerprint density at radius 1 is 1.23 bits per heavy atom. The normalized spacial score (nSPS) is 17.5. The van der Waals surface area contributed by atoms with Gasteiger partial charge in [-0.15, -0.1) is 0 Å². The number of amides is 1. The lowest BCUT2D eigenvalue weighted by Gasteiger charge is -2.33. The van der Waals surface area contributed by atoms with E-state index in [-0.39, 0.29) is 11.9 Å². The van der Waals surface area contributed by atoms with Crippen molar-refractivity contribution < 1.29 is 15.1 Å². The summed E-state index contributed by atoms with van der Waals surface area (Å²) in [6.07, 6.45) is 6.64. The average Bonchev–Trinajstić information content (AvgIpc) is 3.16. The van der Waals surface area contributed by atoms with Gasteiger partial charge in [0, 0.05) is 23.0 Å². The lowest BCUT2D eigenvalue weighted by atomic mass is 10.0. The molecule has 0 bridgehead atoms. The van der Waals surface area contributed by atoms with Crippen LogP contribution in [-0.2, 0) is 4.79 Å². The minimum atomic E-state index is -0.0965. The molecule has 7 heteroatoms. The number of unbranched alkanes of at least 4 members (excludes halogenated alkanes) is 2. The molecule has 140 valence electrons. The van der Waals surface area contributed by atoms with Crippen LogP contribution >= 0.6 is 15.9 Å². The molecule has 2 aromatic rings. The van der Waals surface area contributed by atoms with E-state index in [1.807, 2.05) is 29.2 Å². The highest BCUT2D eigenvalue weighted by Crippen LogP contribution is 2.32. The van der Waals surface area contributed by atoms with E-state index in [2.05, 4.69) is 31.8 Å². The minimum Gasteiger partial charge on any atom is -0.358 e. The van der Waals surface area contributed by atoms with E-state index in [1.165, 1.54) is 0 Å². The Kier molecular flexibility index (Phi) is 6.80. The Hall–Kier alpha value is -1.73. The summed E-state index contributed by atoms with van der Waals surface area (Å²) in [4.78, 5) is 19.2. The number of aromatic nitrogens is 2. The van der Waals surface area contributed by atoms with E-state index >= 15 is 0 Å². The quantitative estimate of drug-likeness (QED) is 0.694. The Morgan fingerprint density at radius 2 is 2.04 bits per heavy atom. The first kappa shape index (κ1) is 19.0. The third kappa shape index (κ3) is 4.71. The van der Waals surface area contributed by atoms with Crippen molar-refractivity contribution in [3.8, 4) is 11.4 Å². The van der Waals surface area contributed by atoms with Crippen LogP contribution in [0, 0.1) is 0 Å². The lowest BCUT2D eigenvalue weighted by Crippen LogP contribution is -2.50. The zero-order valence-corrected chi connectivity index (χ0v) is 16.6. The fourth-order valence-corrected chi connectivity index (χ4v) is 3.61. The van der Waals surface area contributed by atoms with Crippen LogP contribution in [0.1, 0.15) is 56.9 Å². The van der Waals surface area contributed by atoms with E-state index in [1.54, 1.807) is 0 Å². The van der Waals surface area contributed by atoms with E-state index in [4.69, 9.17) is 4.52 Å². The summed E-state index contributed by atoms with van der Waals surface area (Å²) in [6.45, 7) is 1.70. The predicted molar refractivity (Wildman–Crippen MR) is 102 cm³/mol. The van der Waals surface area contributed by atoms with Gasteiger partial charge in [-0.25, -0.2) is 0 Å². The van der Waals surface area contributed by atoms with E-state index in [0.29, 0.717) is 18.1 Å². The van der Waals surface area contributed by atoms with E-state index < -0.39 is 0 Å². The van der Waals surface area contributed by atoms with E-state index in [9.17, 15) is 4.79 Å². The van der Waals surface area contributed by atoms with Crippen molar-refractivity contribution in [2.75, 3.05) is 13.1 Å². The van der Waals surface area contributed by atoms with Crippen LogP contribution in [0.25, 0.3) is 11.4 Å². The number of rotatable bonds is 7. The summed E-state index contributed by atoms with van der Waals surface area (Å²) in [5.74, 6) is 1.32. The fraction of sp³-hybridized carbons (Fsp3) is 0.526. The number of hydrogen-bond donors (Lipinski definition) is 1. The van der Waals surface area contributed by atoms with Crippen molar-refractivity contribution in [3.05, 3.63) is 34.6 Å². The number of quaternary nitrogens is 1. The molecular formula is C19H26BrN4O2+. The van der Waals surface area contributed by atoms with Crippen LogP contribution in [0.4, 0.5) is 0 Å². The van der Waals surface area contributed by atoms with Crippen LogP contribution in [0.5, 0.6) is 0 Å². The minimum absolute atomic E-state index is 0.0965. The highest BCUT2D eigenvalue weighted by atomic mass is 79.9. The molecule has 0 radical (unpaired) electrons. The summed E-state index contributed by atoms with van der Waals surface area (Å²) in [5.41, 5.74) is 4.76. The third-order valence-electron chi connectivity index (χ3n) is 4.79. The summed E-state index contributed by atoms with van der Waals surface area (Å²) in [6, 6.07) is 7.71. The summed E-state index contributed by atoms with van der Waals surface area (Å²) in [7, 11) is 0. The van der Waals surface area contributed by atoms with Gasteiger partial charge in [0.25, 0.3) is 0 Å². The SMILES string of the molecule is [NH3+]CCCCCC(=O)N1CCCC[C@H]1c1nc(-c2ccc(Br)cc2)no1. The van der Waals surface area contributed by atoms with Gasteiger partial charge in [-0.3, -0.25) is 4.79 Å². The molecule has 1 aromatic heterocycles. The summed E-state index contributed by atoms with van der Waals surface area (Å²) in [5, 5.41) is 4.13.